The number of amides is 2. The van der Waals surface area contributed by atoms with Crippen molar-refractivity contribution in [1.82, 2.24) is 10.6 Å². The summed E-state index contributed by atoms with van der Waals surface area (Å²) in [5, 5.41) is 5.64. The van der Waals surface area contributed by atoms with Gasteiger partial charge in [0.25, 0.3) is 5.91 Å². The quantitative estimate of drug-likeness (QED) is 0.589. The van der Waals surface area contributed by atoms with Gasteiger partial charge in [0, 0.05) is 35.6 Å². The monoisotopic (exact) mass is 405 g/mol. The second kappa shape index (κ2) is 12.3. The summed E-state index contributed by atoms with van der Waals surface area (Å²) in [5.74, 6) is -0.260. The lowest BCUT2D eigenvalue weighted by Crippen LogP contribution is -2.41. The van der Waals surface area contributed by atoms with Crippen molar-refractivity contribution in [2.45, 2.75) is 38.6 Å². The van der Waals surface area contributed by atoms with Crippen molar-refractivity contribution in [3.05, 3.63) is 34.3 Å². The minimum absolute atomic E-state index is 0. The summed E-state index contributed by atoms with van der Waals surface area (Å²) in [6.45, 7) is 2.86. The van der Waals surface area contributed by atoms with Gasteiger partial charge in [-0.3, -0.25) is 9.59 Å². The van der Waals surface area contributed by atoms with Gasteiger partial charge in [-0.2, -0.15) is 0 Å². The Morgan fingerprint density at radius 1 is 1.26 bits per heavy atom. The second-order valence-corrected chi connectivity index (χ2v) is 6.07. The molecule has 1 aromatic rings. The highest BCUT2D eigenvalue weighted by Crippen LogP contribution is 2.10. The first-order chi connectivity index (χ1) is 10.6. The van der Waals surface area contributed by atoms with Gasteiger partial charge in [0.05, 0.1) is 0 Å². The molecule has 1 aromatic carbocycles. The molecule has 1 unspecified atom stereocenters. The number of hydrogen-bond acceptors (Lipinski definition) is 3. The summed E-state index contributed by atoms with van der Waals surface area (Å²) in [5.41, 5.74) is 6.21. The van der Waals surface area contributed by atoms with Crippen molar-refractivity contribution >= 4 is 40.2 Å². The lowest BCUT2D eigenvalue weighted by Gasteiger charge is -2.16. The highest BCUT2D eigenvalue weighted by molar-refractivity contribution is 9.10. The third kappa shape index (κ3) is 8.93. The molecule has 5 nitrogen and oxygen atoms in total. The maximum atomic E-state index is 11.9. The van der Waals surface area contributed by atoms with Crippen molar-refractivity contribution in [3.63, 3.8) is 0 Å². The van der Waals surface area contributed by atoms with Crippen LogP contribution in [0.5, 0.6) is 0 Å². The number of halogens is 2. The standard InChI is InChI=1S/C16H24BrN3O2.ClH/c1-2-3-4-14(11-18)20-15(21)9-10-19-16(22)12-5-7-13(17)8-6-12;/h5-8,14H,2-4,9-11,18H2,1H3,(H,19,22)(H,20,21);1H. The zero-order chi connectivity index (χ0) is 16.4. The molecule has 0 spiro atoms. The predicted octanol–water partition coefficient (Wildman–Crippen LogP) is 2.62. The maximum absolute atomic E-state index is 11.9. The average molecular weight is 407 g/mol. The van der Waals surface area contributed by atoms with Gasteiger partial charge in [-0.1, -0.05) is 35.7 Å². The van der Waals surface area contributed by atoms with Gasteiger partial charge in [0.15, 0.2) is 0 Å². The van der Waals surface area contributed by atoms with Crippen LogP contribution in [0.3, 0.4) is 0 Å². The summed E-state index contributed by atoms with van der Waals surface area (Å²) in [6, 6.07) is 7.10. The minimum Gasteiger partial charge on any atom is -0.352 e. The molecule has 23 heavy (non-hydrogen) atoms. The molecule has 0 aliphatic carbocycles. The van der Waals surface area contributed by atoms with Crippen molar-refractivity contribution in [3.8, 4) is 0 Å². The molecule has 4 N–H and O–H groups in total. The minimum atomic E-state index is -0.179. The molecule has 1 rings (SSSR count). The van der Waals surface area contributed by atoms with Gasteiger partial charge in [0.1, 0.15) is 0 Å². The van der Waals surface area contributed by atoms with E-state index in [1.54, 1.807) is 24.3 Å². The zero-order valence-electron chi connectivity index (χ0n) is 13.3. The SMILES string of the molecule is CCCCC(CN)NC(=O)CCNC(=O)c1ccc(Br)cc1.Cl. The van der Waals surface area contributed by atoms with Crippen LogP contribution >= 0.6 is 28.3 Å². The van der Waals surface area contributed by atoms with Gasteiger partial charge in [0.2, 0.25) is 5.91 Å². The molecule has 0 saturated heterocycles. The average Bonchev–Trinajstić information content (AvgIpc) is 2.51. The molecule has 2 amide bonds. The first-order valence-corrected chi connectivity index (χ1v) is 8.39. The van der Waals surface area contributed by atoms with Gasteiger partial charge in [-0.25, -0.2) is 0 Å². The molecule has 0 aliphatic rings. The second-order valence-electron chi connectivity index (χ2n) is 5.16. The van der Waals surface area contributed by atoms with E-state index in [2.05, 4.69) is 33.5 Å². The Labute approximate surface area is 152 Å². The maximum Gasteiger partial charge on any atom is 0.251 e. The first-order valence-electron chi connectivity index (χ1n) is 7.60. The third-order valence-corrected chi connectivity index (χ3v) is 3.83. The highest BCUT2D eigenvalue weighted by atomic mass is 79.9. The van der Waals surface area contributed by atoms with Crippen molar-refractivity contribution in [2.75, 3.05) is 13.1 Å². The molecule has 0 aliphatic heterocycles. The largest absolute Gasteiger partial charge is 0.352 e. The number of nitrogens with one attached hydrogen (secondary N) is 2. The van der Waals surface area contributed by atoms with Crippen LogP contribution in [0.1, 0.15) is 43.0 Å². The fraction of sp³-hybridized carbons (Fsp3) is 0.500. The molecule has 7 heteroatoms. The van der Waals surface area contributed by atoms with E-state index in [9.17, 15) is 9.59 Å². The molecule has 0 bridgehead atoms. The number of rotatable bonds is 9. The lowest BCUT2D eigenvalue weighted by atomic mass is 10.1. The van der Waals surface area contributed by atoms with Gasteiger partial charge in [-0.05, 0) is 30.7 Å². The van der Waals surface area contributed by atoms with Crippen LogP contribution in [0.2, 0.25) is 0 Å². The molecule has 0 fully saturated rings. The summed E-state index contributed by atoms with van der Waals surface area (Å²) < 4.78 is 0.920. The van der Waals surface area contributed by atoms with E-state index in [-0.39, 0.29) is 36.7 Å². The molecule has 1 atom stereocenters. The van der Waals surface area contributed by atoms with E-state index in [1.807, 2.05) is 0 Å². The molecule has 130 valence electrons. The summed E-state index contributed by atoms with van der Waals surface area (Å²) >= 11 is 3.32. The number of benzene rings is 1. The smallest absolute Gasteiger partial charge is 0.251 e. The van der Waals surface area contributed by atoms with E-state index >= 15 is 0 Å². The van der Waals surface area contributed by atoms with Crippen LogP contribution in [0.15, 0.2) is 28.7 Å². The van der Waals surface area contributed by atoms with E-state index in [0.717, 1.165) is 23.7 Å². The zero-order valence-corrected chi connectivity index (χ0v) is 15.7. The Kier molecular flexibility index (Phi) is 11.7. The highest BCUT2D eigenvalue weighted by Gasteiger charge is 2.11. The van der Waals surface area contributed by atoms with Gasteiger partial charge < -0.3 is 16.4 Å². The summed E-state index contributed by atoms with van der Waals surface area (Å²) in [6.07, 6.45) is 3.27. The molecule has 0 radical (unpaired) electrons. The van der Waals surface area contributed by atoms with Crippen LogP contribution in [0.25, 0.3) is 0 Å². The Bertz CT molecular complexity index is 483. The van der Waals surface area contributed by atoms with Crippen LogP contribution < -0.4 is 16.4 Å². The Morgan fingerprint density at radius 2 is 1.91 bits per heavy atom. The number of unbranched alkanes of at least 4 members (excludes halogenated alkanes) is 1. The Balaban J connectivity index is 0.00000484. The van der Waals surface area contributed by atoms with E-state index < -0.39 is 0 Å². The van der Waals surface area contributed by atoms with Crippen molar-refractivity contribution < 1.29 is 9.59 Å². The van der Waals surface area contributed by atoms with Gasteiger partial charge >= 0.3 is 0 Å². The normalized spacial score (nSPS) is 11.3. The fourth-order valence-corrected chi connectivity index (χ4v) is 2.26. The topological polar surface area (TPSA) is 84.2 Å². The van der Waals surface area contributed by atoms with E-state index in [0.29, 0.717) is 18.7 Å². The summed E-state index contributed by atoms with van der Waals surface area (Å²) in [4.78, 5) is 23.7. The number of carbonyl (C=O) groups is 2. The molecular weight excluding hydrogens is 382 g/mol. The molecule has 0 aromatic heterocycles. The Hall–Kier alpha value is -1.11. The predicted molar refractivity (Wildman–Crippen MR) is 98.9 cm³/mol. The Morgan fingerprint density at radius 3 is 2.48 bits per heavy atom. The third-order valence-electron chi connectivity index (χ3n) is 3.30. The lowest BCUT2D eigenvalue weighted by molar-refractivity contribution is -0.121. The van der Waals surface area contributed by atoms with Crippen LogP contribution in [0, 0.1) is 0 Å². The molecular formula is C16H25BrClN3O2. The van der Waals surface area contributed by atoms with Crippen LogP contribution in [-0.2, 0) is 4.79 Å². The van der Waals surface area contributed by atoms with Crippen molar-refractivity contribution in [2.24, 2.45) is 5.73 Å². The van der Waals surface area contributed by atoms with Crippen LogP contribution in [0.4, 0.5) is 0 Å². The molecule has 0 heterocycles. The van der Waals surface area contributed by atoms with E-state index in [4.69, 9.17) is 5.73 Å². The van der Waals surface area contributed by atoms with Crippen molar-refractivity contribution in [1.29, 1.82) is 0 Å². The summed E-state index contributed by atoms with van der Waals surface area (Å²) in [7, 11) is 0. The number of nitrogens with two attached hydrogens (primary N) is 1. The number of hydrogen-bond donors (Lipinski definition) is 3. The van der Waals surface area contributed by atoms with Crippen LogP contribution in [-0.4, -0.2) is 30.9 Å². The number of carbonyl (C=O) groups excluding carboxylic acids is 2. The molecule has 0 saturated carbocycles. The van der Waals surface area contributed by atoms with E-state index in [1.165, 1.54) is 0 Å². The first kappa shape index (κ1) is 21.9. The fourth-order valence-electron chi connectivity index (χ4n) is 1.99. The van der Waals surface area contributed by atoms with Gasteiger partial charge in [-0.15, -0.1) is 12.4 Å².